The van der Waals surface area contributed by atoms with Gasteiger partial charge < -0.3 is 5.32 Å². The van der Waals surface area contributed by atoms with Crippen molar-refractivity contribution in [1.82, 2.24) is 10.3 Å². The van der Waals surface area contributed by atoms with Gasteiger partial charge in [0, 0.05) is 18.0 Å². The van der Waals surface area contributed by atoms with Crippen molar-refractivity contribution < 1.29 is 0 Å². The predicted molar refractivity (Wildman–Crippen MR) is 60.4 cm³/mol. The minimum atomic E-state index is 0.652. The molecule has 1 aliphatic carbocycles. The second kappa shape index (κ2) is 4.89. The number of thiazole rings is 1. The van der Waals surface area contributed by atoms with Crippen LogP contribution in [-0.4, -0.2) is 11.0 Å². The zero-order valence-electron chi connectivity index (χ0n) is 8.70. The van der Waals surface area contributed by atoms with Crippen LogP contribution in [0.15, 0.2) is 10.9 Å². The SMILES string of the molecule is C[C@@H](NCc1cscn1)C1CCCC1. The third kappa shape index (κ3) is 2.55. The van der Waals surface area contributed by atoms with E-state index in [1.165, 1.54) is 31.4 Å². The van der Waals surface area contributed by atoms with Crippen LogP contribution in [0.5, 0.6) is 0 Å². The Balaban J connectivity index is 1.74. The summed E-state index contributed by atoms with van der Waals surface area (Å²) in [6.45, 7) is 3.24. The fraction of sp³-hybridized carbons (Fsp3) is 0.727. The van der Waals surface area contributed by atoms with E-state index in [-0.39, 0.29) is 0 Å². The maximum atomic E-state index is 4.27. The van der Waals surface area contributed by atoms with Crippen LogP contribution in [0.25, 0.3) is 0 Å². The molecule has 2 rings (SSSR count). The highest BCUT2D eigenvalue weighted by Crippen LogP contribution is 2.27. The van der Waals surface area contributed by atoms with Gasteiger partial charge in [-0.05, 0) is 25.7 Å². The summed E-state index contributed by atoms with van der Waals surface area (Å²) in [5, 5.41) is 5.69. The number of hydrogen-bond donors (Lipinski definition) is 1. The molecule has 0 radical (unpaired) electrons. The monoisotopic (exact) mass is 210 g/mol. The van der Waals surface area contributed by atoms with Gasteiger partial charge in [-0.1, -0.05) is 12.8 Å². The lowest BCUT2D eigenvalue weighted by molar-refractivity contribution is 0.379. The molecule has 1 aromatic heterocycles. The van der Waals surface area contributed by atoms with Crippen LogP contribution < -0.4 is 5.32 Å². The van der Waals surface area contributed by atoms with E-state index in [9.17, 15) is 0 Å². The lowest BCUT2D eigenvalue weighted by Crippen LogP contribution is -2.31. The zero-order valence-corrected chi connectivity index (χ0v) is 9.52. The topological polar surface area (TPSA) is 24.9 Å². The number of nitrogens with zero attached hydrogens (tertiary/aromatic N) is 1. The highest BCUT2D eigenvalue weighted by Gasteiger charge is 2.20. The van der Waals surface area contributed by atoms with E-state index in [1.54, 1.807) is 11.3 Å². The first kappa shape index (κ1) is 10.1. The Kier molecular flexibility index (Phi) is 3.54. The molecule has 1 N–H and O–H groups in total. The van der Waals surface area contributed by atoms with Gasteiger partial charge in [-0.15, -0.1) is 11.3 Å². The Hall–Kier alpha value is -0.410. The Labute approximate surface area is 89.8 Å². The Morgan fingerprint density at radius 3 is 3.00 bits per heavy atom. The standard InChI is InChI=1S/C11H18N2S/c1-9(10-4-2-3-5-10)12-6-11-7-14-8-13-11/h7-10,12H,2-6H2,1H3/t9-/m1/s1. The van der Waals surface area contributed by atoms with Crippen LogP contribution in [0.2, 0.25) is 0 Å². The van der Waals surface area contributed by atoms with Gasteiger partial charge in [-0.2, -0.15) is 0 Å². The fourth-order valence-electron chi connectivity index (χ4n) is 2.21. The lowest BCUT2D eigenvalue weighted by atomic mass is 10.00. The molecule has 1 fully saturated rings. The van der Waals surface area contributed by atoms with Crippen molar-refractivity contribution >= 4 is 11.3 Å². The zero-order chi connectivity index (χ0) is 9.80. The molecule has 1 aliphatic rings. The van der Waals surface area contributed by atoms with E-state index < -0.39 is 0 Å². The van der Waals surface area contributed by atoms with E-state index in [4.69, 9.17) is 0 Å². The highest BCUT2D eigenvalue weighted by molar-refractivity contribution is 7.07. The molecule has 0 aromatic carbocycles. The molecule has 1 heterocycles. The van der Waals surface area contributed by atoms with Crippen LogP contribution in [0.1, 0.15) is 38.3 Å². The predicted octanol–water partition coefficient (Wildman–Crippen LogP) is 2.81. The molecule has 78 valence electrons. The molecule has 2 nitrogen and oxygen atoms in total. The molecule has 14 heavy (non-hydrogen) atoms. The molecule has 0 amide bonds. The summed E-state index contributed by atoms with van der Waals surface area (Å²) >= 11 is 1.67. The van der Waals surface area contributed by atoms with Gasteiger partial charge in [0.1, 0.15) is 0 Å². The molecule has 1 aromatic rings. The highest BCUT2D eigenvalue weighted by atomic mass is 32.1. The average Bonchev–Trinajstić information content (AvgIpc) is 2.87. The van der Waals surface area contributed by atoms with Crippen LogP contribution in [-0.2, 0) is 6.54 Å². The Morgan fingerprint density at radius 2 is 2.36 bits per heavy atom. The molecule has 0 bridgehead atoms. The fourth-order valence-corrected chi connectivity index (χ4v) is 2.77. The normalized spacial score (nSPS) is 20.1. The molecular formula is C11H18N2S. The number of rotatable bonds is 4. The van der Waals surface area contributed by atoms with Gasteiger partial charge >= 0.3 is 0 Å². The van der Waals surface area contributed by atoms with Crippen molar-refractivity contribution in [3.63, 3.8) is 0 Å². The van der Waals surface area contributed by atoms with Crippen molar-refractivity contribution in [2.45, 2.75) is 45.2 Å². The Morgan fingerprint density at radius 1 is 1.57 bits per heavy atom. The molecule has 1 atom stereocenters. The van der Waals surface area contributed by atoms with Crippen molar-refractivity contribution in [3.8, 4) is 0 Å². The summed E-state index contributed by atoms with van der Waals surface area (Å²) in [5.41, 5.74) is 3.08. The van der Waals surface area contributed by atoms with Crippen LogP contribution >= 0.6 is 11.3 Å². The van der Waals surface area contributed by atoms with E-state index >= 15 is 0 Å². The summed E-state index contributed by atoms with van der Waals surface area (Å²) in [4.78, 5) is 4.27. The van der Waals surface area contributed by atoms with Crippen LogP contribution in [0, 0.1) is 5.92 Å². The molecular weight excluding hydrogens is 192 g/mol. The largest absolute Gasteiger partial charge is 0.308 e. The van der Waals surface area contributed by atoms with E-state index in [1.807, 2.05) is 5.51 Å². The first-order valence-electron chi connectivity index (χ1n) is 5.46. The van der Waals surface area contributed by atoms with E-state index in [0.717, 1.165) is 12.5 Å². The van der Waals surface area contributed by atoms with Gasteiger partial charge in [-0.3, -0.25) is 0 Å². The molecule has 1 saturated carbocycles. The average molecular weight is 210 g/mol. The summed E-state index contributed by atoms with van der Waals surface area (Å²) in [5.74, 6) is 0.897. The molecule has 0 spiro atoms. The van der Waals surface area contributed by atoms with Crippen molar-refractivity contribution in [3.05, 3.63) is 16.6 Å². The van der Waals surface area contributed by atoms with Crippen LogP contribution in [0.4, 0.5) is 0 Å². The quantitative estimate of drug-likeness (QED) is 0.826. The molecule has 0 aliphatic heterocycles. The summed E-state index contributed by atoms with van der Waals surface area (Å²) in [7, 11) is 0. The maximum absolute atomic E-state index is 4.27. The van der Waals surface area contributed by atoms with Crippen LogP contribution in [0.3, 0.4) is 0 Å². The summed E-state index contributed by atoms with van der Waals surface area (Å²) < 4.78 is 0. The Bertz CT molecular complexity index is 252. The van der Waals surface area contributed by atoms with Gasteiger partial charge in [0.25, 0.3) is 0 Å². The maximum Gasteiger partial charge on any atom is 0.0795 e. The number of hydrogen-bond acceptors (Lipinski definition) is 3. The van der Waals surface area contributed by atoms with Crippen molar-refractivity contribution in [2.24, 2.45) is 5.92 Å². The van der Waals surface area contributed by atoms with E-state index in [0.29, 0.717) is 6.04 Å². The second-order valence-corrected chi connectivity index (χ2v) is 4.91. The summed E-state index contributed by atoms with van der Waals surface area (Å²) in [6.07, 6.45) is 5.66. The van der Waals surface area contributed by atoms with Gasteiger partial charge in [0.05, 0.1) is 11.2 Å². The molecule has 3 heteroatoms. The van der Waals surface area contributed by atoms with Gasteiger partial charge in [-0.25, -0.2) is 4.98 Å². The first-order valence-corrected chi connectivity index (χ1v) is 6.41. The van der Waals surface area contributed by atoms with Crippen molar-refractivity contribution in [1.29, 1.82) is 0 Å². The van der Waals surface area contributed by atoms with Gasteiger partial charge in [0.15, 0.2) is 0 Å². The second-order valence-electron chi connectivity index (χ2n) is 4.19. The summed E-state index contributed by atoms with van der Waals surface area (Å²) in [6, 6.07) is 0.652. The number of nitrogens with one attached hydrogen (secondary N) is 1. The smallest absolute Gasteiger partial charge is 0.0795 e. The van der Waals surface area contributed by atoms with E-state index in [2.05, 4.69) is 22.6 Å². The third-order valence-corrected chi connectivity index (χ3v) is 3.83. The minimum absolute atomic E-state index is 0.652. The molecule has 0 saturated heterocycles. The molecule has 0 unspecified atom stereocenters. The number of aromatic nitrogens is 1. The minimum Gasteiger partial charge on any atom is -0.308 e. The first-order chi connectivity index (χ1) is 6.86. The van der Waals surface area contributed by atoms with Gasteiger partial charge in [0.2, 0.25) is 0 Å². The third-order valence-electron chi connectivity index (χ3n) is 3.20. The van der Waals surface area contributed by atoms with Crippen molar-refractivity contribution in [2.75, 3.05) is 0 Å². The lowest BCUT2D eigenvalue weighted by Gasteiger charge is -2.19.